The van der Waals surface area contributed by atoms with Crippen LogP contribution in [0.5, 0.6) is 0 Å². The molecule has 0 bridgehead atoms. The molecule has 1 amide bonds. The fourth-order valence-electron chi connectivity index (χ4n) is 3.57. The average molecular weight is 306 g/mol. The molecule has 6 heteroatoms. The van der Waals surface area contributed by atoms with Crippen LogP contribution in [0.3, 0.4) is 0 Å². The summed E-state index contributed by atoms with van der Waals surface area (Å²) in [6, 6.07) is 2.73. The van der Waals surface area contributed by atoms with Crippen LogP contribution in [0.2, 0.25) is 0 Å². The van der Waals surface area contributed by atoms with Crippen molar-refractivity contribution in [1.82, 2.24) is 19.6 Å². The predicted octanol–water partition coefficient (Wildman–Crippen LogP) is 1.14. The predicted molar refractivity (Wildman–Crippen MR) is 83.4 cm³/mol. The highest BCUT2D eigenvalue weighted by molar-refractivity contribution is 5.77. The van der Waals surface area contributed by atoms with Gasteiger partial charge >= 0.3 is 0 Å². The number of likely N-dealkylation sites (tertiary alicyclic amines) is 1. The molecule has 22 heavy (non-hydrogen) atoms. The maximum Gasteiger partial charge on any atom is 0.248 e. The highest BCUT2D eigenvalue weighted by Crippen LogP contribution is 2.25. The molecule has 3 rings (SSSR count). The standard InChI is InChI=1S/C16H26N4O2/c1-12(2)20-14(4-6-17-20)8-19-7-5-13-10-22-11-16(21)18(3)15(13)9-19/h4,6,12-13,15H,5,7-11H2,1-3H3/t13-,15-/m0/s1. The van der Waals surface area contributed by atoms with E-state index in [9.17, 15) is 4.79 Å². The molecule has 2 fully saturated rings. The monoisotopic (exact) mass is 306 g/mol. The summed E-state index contributed by atoms with van der Waals surface area (Å²) in [5.41, 5.74) is 1.24. The number of likely N-dealkylation sites (N-methyl/N-ethyl adjacent to an activating group) is 1. The van der Waals surface area contributed by atoms with Crippen LogP contribution in [0, 0.1) is 5.92 Å². The second-order valence-electron chi connectivity index (χ2n) is 6.73. The van der Waals surface area contributed by atoms with E-state index in [0.29, 0.717) is 18.6 Å². The molecule has 0 spiro atoms. The van der Waals surface area contributed by atoms with Crippen LogP contribution >= 0.6 is 0 Å². The molecule has 0 N–H and O–H groups in total. The molecule has 0 aliphatic carbocycles. The number of piperidine rings is 1. The van der Waals surface area contributed by atoms with E-state index < -0.39 is 0 Å². The first-order valence-electron chi connectivity index (χ1n) is 8.14. The summed E-state index contributed by atoms with van der Waals surface area (Å²) < 4.78 is 7.60. The first-order chi connectivity index (χ1) is 10.6. The number of carbonyl (C=O) groups excluding carboxylic acids is 1. The third-order valence-electron chi connectivity index (χ3n) is 4.88. The van der Waals surface area contributed by atoms with Crippen molar-refractivity contribution < 1.29 is 9.53 Å². The van der Waals surface area contributed by atoms with E-state index in [2.05, 4.69) is 34.6 Å². The van der Waals surface area contributed by atoms with Crippen LogP contribution < -0.4 is 0 Å². The maximum absolute atomic E-state index is 12.0. The van der Waals surface area contributed by atoms with Crippen molar-refractivity contribution in [3.05, 3.63) is 18.0 Å². The van der Waals surface area contributed by atoms with Crippen LogP contribution in [0.1, 0.15) is 32.0 Å². The molecule has 2 saturated heterocycles. The molecular formula is C16H26N4O2. The SMILES string of the molecule is CC(C)n1nccc1CN1CC[C@H]2COCC(=O)N(C)[C@H]2C1. The molecule has 0 radical (unpaired) electrons. The summed E-state index contributed by atoms with van der Waals surface area (Å²) in [4.78, 5) is 16.3. The number of aromatic nitrogens is 2. The number of rotatable bonds is 3. The van der Waals surface area contributed by atoms with Crippen molar-refractivity contribution in [2.24, 2.45) is 5.92 Å². The fourth-order valence-corrected chi connectivity index (χ4v) is 3.57. The van der Waals surface area contributed by atoms with E-state index in [-0.39, 0.29) is 18.6 Å². The van der Waals surface area contributed by atoms with Gasteiger partial charge in [0.2, 0.25) is 5.91 Å². The zero-order chi connectivity index (χ0) is 15.7. The molecule has 2 atom stereocenters. The van der Waals surface area contributed by atoms with Gasteiger partial charge in [-0.3, -0.25) is 14.4 Å². The van der Waals surface area contributed by atoms with Gasteiger partial charge in [-0.1, -0.05) is 0 Å². The summed E-state index contributed by atoms with van der Waals surface area (Å²) in [6.07, 6.45) is 2.95. The third-order valence-corrected chi connectivity index (χ3v) is 4.88. The van der Waals surface area contributed by atoms with Crippen molar-refractivity contribution in [2.45, 2.75) is 38.9 Å². The van der Waals surface area contributed by atoms with E-state index in [1.165, 1.54) is 5.69 Å². The van der Waals surface area contributed by atoms with Gasteiger partial charge in [-0.2, -0.15) is 5.10 Å². The summed E-state index contributed by atoms with van der Waals surface area (Å²) in [6.45, 7) is 8.09. The second kappa shape index (κ2) is 6.38. The van der Waals surface area contributed by atoms with Gasteiger partial charge in [0.05, 0.1) is 12.3 Å². The molecular weight excluding hydrogens is 280 g/mol. The Morgan fingerprint density at radius 2 is 2.27 bits per heavy atom. The first kappa shape index (κ1) is 15.5. The molecule has 2 aliphatic heterocycles. The van der Waals surface area contributed by atoms with Crippen molar-refractivity contribution in [1.29, 1.82) is 0 Å². The number of carbonyl (C=O) groups is 1. The largest absolute Gasteiger partial charge is 0.371 e. The smallest absolute Gasteiger partial charge is 0.248 e. The lowest BCUT2D eigenvalue weighted by Gasteiger charge is -2.41. The average Bonchev–Trinajstić information content (AvgIpc) is 2.90. The molecule has 0 unspecified atom stereocenters. The number of hydrogen-bond donors (Lipinski definition) is 0. The van der Waals surface area contributed by atoms with Crippen molar-refractivity contribution in [3.63, 3.8) is 0 Å². The van der Waals surface area contributed by atoms with Gasteiger partial charge in [0.1, 0.15) is 6.61 Å². The van der Waals surface area contributed by atoms with Gasteiger partial charge in [0.15, 0.2) is 0 Å². The third kappa shape index (κ3) is 3.03. The molecule has 2 aliphatic rings. The highest BCUT2D eigenvalue weighted by atomic mass is 16.5. The highest BCUT2D eigenvalue weighted by Gasteiger charge is 2.36. The number of amides is 1. The lowest BCUT2D eigenvalue weighted by molar-refractivity contribution is -0.134. The molecule has 1 aromatic heterocycles. The number of fused-ring (bicyclic) bond motifs is 1. The fraction of sp³-hybridized carbons (Fsp3) is 0.750. The van der Waals surface area contributed by atoms with Gasteiger partial charge in [0.25, 0.3) is 0 Å². The summed E-state index contributed by atoms with van der Waals surface area (Å²) in [5, 5.41) is 4.41. The van der Waals surface area contributed by atoms with Crippen molar-refractivity contribution in [3.8, 4) is 0 Å². The Morgan fingerprint density at radius 3 is 3.05 bits per heavy atom. The molecule has 3 heterocycles. The van der Waals surface area contributed by atoms with Crippen LogP contribution in [-0.2, 0) is 16.1 Å². The van der Waals surface area contributed by atoms with E-state index in [1.807, 2.05) is 18.1 Å². The second-order valence-corrected chi connectivity index (χ2v) is 6.73. The zero-order valence-corrected chi connectivity index (χ0v) is 13.7. The van der Waals surface area contributed by atoms with Crippen LogP contribution in [0.4, 0.5) is 0 Å². The van der Waals surface area contributed by atoms with Crippen LogP contribution in [0.25, 0.3) is 0 Å². The summed E-state index contributed by atoms with van der Waals surface area (Å²) >= 11 is 0. The van der Waals surface area contributed by atoms with Crippen molar-refractivity contribution in [2.75, 3.05) is 33.4 Å². The first-order valence-corrected chi connectivity index (χ1v) is 8.14. The molecule has 122 valence electrons. The Hall–Kier alpha value is -1.40. The number of nitrogens with zero attached hydrogens (tertiary/aromatic N) is 4. The zero-order valence-electron chi connectivity index (χ0n) is 13.7. The molecule has 0 saturated carbocycles. The van der Waals surface area contributed by atoms with E-state index in [1.54, 1.807) is 0 Å². The van der Waals surface area contributed by atoms with Crippen LogP contribution in [0.15, 0.2) is 12.3 Å². The lowest BCUT2D eigenvalue weighted by Crippen LogP contribution is -2.52. The minimum atomic E-state index is 0.0987. The maximum atomic E-state index is 12.0. The summed E-state index contributed by atoms with van der Waals surface area (Å²) in [5.74, 6) is 0.560. The van der Waals surface area contributed by atoms with Gasteiger partial charge in [-0.15, -0.1) is 0 Å². The van der Waals surface area contributed by atoms with E-state index in [0.717, 1.165) is 26.1 Å². The Labute approximate surface area is 132 Å². The normalized spacial score (nSPS) is 27.1. The van der Waals surface area contributed by atoms with Crippen LogP contribution in [-0.4, -0.2) is 64.9 Å². The minimum Gasteiger partial charge on any atom is -0.371 e. The minimum absolute atomic E-state index is 0.0987. The van der Waals surface area contributed by atoms with Gasteiger partial charge in [-0.05, 0) is 32.9 Å². The van der Waals surface area contributed by atoms with Gasteiger partial charge < -0.3 is 9.64 Å². The van der Waals surface area contributed by atoms with Gasteiger partial charge in [0, 0.05) is 44.3 Å². The Morgan fingerprint density at radius 1 is 1.45 bits per heavy atom. The Bertz CT molecular complexity index is 528. The summed E-state index contributed by atoms with van der Waals surface area (Å²) in [7, 11) is 1.91. The molecule has 1 aromatic rings. The Kier molecular flexibility index (Phi) is 4.49. The molecule has 6 nitrogen and oxygen atoms in total. The van der Waals surface area contributed by atoms with E-state index >= 15 is 0 Å². The van der Waals surface area contributed by atoms with Gasteiger partial charge in [-0.25, -0.2) is 0 Å². The number of hydrogen-bond acceptors (Lipinski definition) is 4. The van der Waals surface area contributed by atoms with Crippen molar-refractivity contribution >= 4 is 5.91 Å². The van der Waals surface area contributed by atoms with E-state index in [4.69, 9.17) is 4.74 Å². The number of ether oxygens (including phenoxy) is 1. The Balaban J connectivity index is 1.69. The topological polar surface area (TPSA) is 50.6 Å². The quantitative estimate of drug-likeness (QED) is 0.840. The molecule has 0 aromatic carbocycles. The lowest BCUT2D eigenvalue weighted by atomic mass is 9.91.